The molecule has 1 atom stereocenters. The predicted octanol–water partition coefficient (Wildman–Crippen LogP) is 1.21. The Bertz CT molecular complexity index is 583. The molecule has 0 bridgehead atoms. The second-order valence-corrected chi connectivity index (χ2v) is 5.68. The molecule has 21 heavy (non-hydrogen) atoms. The molecule has 1 unspecified atom stereocenters. The molecule has 6 nitrogen and oxygen atoms in total. The van der Waals surface area contributed by atoms with E-state index in [4.69, 9.17) is 4.74 Å². The average Bonchev–Trinajstić information content (AvgIpc) is 2.53. The van der Waals surface area contributed by atoms with Gasteiger partial charge in [0, 0.05) is 26.3 Å². The summed E-state index contributed by atoms with van der Waals surface area (Å²) in [6.07, 6.45) is 4.68. The van der Waals surface area contributed by atoms with Gasteiger partial charge in [0.1, 0.15) is 0 Å². The van der Waals surface area contributed by atoms with Crippen molar-refractivity contribution in [2.45, 2.75) is 31.8 Å². The van der Waals surface area contributed by atoms with Crippen LogP contribution in [0.15, 0.2) is 18.3 Å². The highest BCUT2D eigenvalue weighted by atomic mass is 16.5. The second-order valence-electron chi connectivity index (χ2n) is 5.68. The molecule has 1 saturated heterocycles. The Kier molecular flexibility index (Phi) is 3.31. The van der Waals surface area contributed by atoms with Crippen molar-refractivity contribution >= 4 is 17.6 Å². The van der Waals surface area contributed by atoms with E-state index in [-0.39, 0.29) is 11.8 Å². The minimum atomic E-state index is -1.50. The number of ether oxygens (including phenoxy) is 1. The second kappa shape index (κ2) is 5.02. The third-order valence-corrected chi connectivity index (χ3v) is 4.15. The van der Waals surface area contributed by atoms with E-state index < -0.39 is 5.60 Å². The molecule has 1 aromatic heterocycles. The van der Waals surface area contributed by atoms with Gasteiger partial charge in [0.25, 0.3) is 17.4 Å². The van der Waals surface area contributed by atoms with E-state index in [1.54, 1.807) is 37.2 Å². The topological polar surface area (TPSA) is 62.7 Å². The lowest BCUT2D eigenvalue weighted by Gasteiger charge is -2.40. The van der Waals surface area contributed by atoms with E-state index in [9.17, 15) is 9.59 Å². The third-order valence-electron chi connectivity index (χ3n) is 4.15. The number of aromatic nitrogens is 1. The first-order chi connectivity index (χ1) is 10.0. The van der Waals surface area contributed by atoms with Crippen molar-refractivity contribution < 1.29 is 14.3 Å². The maximum absolute atomic E-state index is 12.8. The van der Waals surface area contributed by atoms with E-state index in [1.807, 2.05) is 0 Å². The molecule has 0 aliphatic carbocycles. The number of hydrogen-bond donors (Lipinski definition) is 0. The van der Waals surface area contributed by atoms with Gasteiger partial charge < -0.3 is 9.64 Å². The fraction of sp³-hybridized carbons (Fsp3) is 0.533. The Labute approximate surface area is 123 Å². The van der Waals surface area contributed by atoms with Crippen LogP contribution in [-0.2, 0) is 9.59 Å². The van der Waals surface area contributed by atoms with Crippen molar-refractivity contribution in [1.29, 1.82) is 0 Å². The van der Waals surface area contributed by atoms with Crippen LogP contribution in [0.3, 0.4) is 0 Å². The quantitative estimate of drug-likeness (QED) is 0.729. The number of carbonyl (C=O) groups excluding carboxylic acids is 2. The summed E-state index contributed by atoms with van der Waals surface area (Å²) in [5, 5.41) is 0. The summed E-state index contributed by atoms with van der Waals surface area (Å²) in [7, 11) is 1.62. The number of piperidine rings is 1. The van der Waals surface area contributed by atoms with Crippen LogP contribution in [0.2, 0.25) is 0 Å². The van der Waals surface area contributed by atoms with E-state index in [0.717, 1.165) is 19.3 Å². The van der Waals surface area contributed by atoms with Gasteiger partial charge >= 0.3 is 0 Å². The molecule has 2 aliphatic heterocycles. The van der Waals surface area contributed by atoms with E-state index >= 15 is 0 Å². The van der Waals surface area contributed by atoms with Crippen molar-refractivity contribution in [3.63, 3.8) is 0 Å². The zero-order valence-corrected chi connectivity index (χ0v) is 12.3. The molecule has 6 heteroatoms. The summed E-state index contributed by atoms with van der Waals surface area (Å²) >= 11 is 0. The first-order valence-corrected chi connectivity index (χ1v) is 7.25. The maximum atomic E-state index is 12.8. The number of nitrogens with zero attached hydrogens (tertiary/aromatic N) is 3. The molecule has 0 radical (unpaired) electrons. The highest BCUT2D eigenvalue weighted by Crippen LogP contribution is 2.36. The lowest BCUT2D eigenvalue weighted by molar-refractivity contribution is -0.156. The highest BCUT2D eigenvalue weighted by molar-refractivity contribution is 6.15. The molecular weight excluding hydrogens is 270 g/mol. The number of amides is 2. The van der Waals surface area contributed by atoms with Gasteiger partial charge in [0.15, 0.2) is 11.6 Å². The predicted molar refractivity (Wildman–Crippen MR) is 77.1 cm³/mol. The summed E-state index contributed by atoms with van der Waals surface area (Å²) in [6, 6.07) is 3.46. The summed E-state index contributed by atoms with van der Waals surface area (Å²) < 4.78 is 5.77. The number of likely N-dealkylation sites (N-methyl/N-ethyl adjacent to an activating group) is 1. The first kappa shape index (κ1) is 13.9. The summed E-state index contributed by atoms with van der Waals surface area (Å²) in [6.45, 7) is 2.93. The van der Waals surface area contributed by atoms with Crippen molar-refractivity contribution in [2.75, 3.05) is 25.0 Å². The minimum Gasteiger partial charge on any atom is -0.464 e. The van der Waals surface area contributed by atoms with Crippen LogP contribution in [0.25, 0.3) is 0 Å². The molecule has 0 aromatic carbocycles. The molecule has 3 rings (SSSR count). The molecule has 112 valence electrons. The number of hydrogen-bond acceptors (Lipinski definition) is 4. The number of rotatable bonds is 1. The van der Waals surface area contributed by atoms with Crippen LogP contribution < -0.4 is 9.64 Å². The monoisotopic (exact) mass is 289 g/mol. The van der Waals surface area contributed by atoms with Gasteiger partial charge in [0.2, 0.25) is 0 Å². The number of pyridine rings is 1. The SMILES string of the molecule is CN1C(=O)C(C)(C(=O)N2CCCCC2)Oc2cccnc21. The Morgan fingerprint density at radius 3 is 2.76 bits per heavy atom. The van der Waals surface area contributed by atoms with Crippen molar-refractivity contribution in [2.24, 2.45) is 0 Å². The zero-order valence-electron chi connectivity index (χ0n) is 12.3. The summed E-state index contributed by atoms with van der Waals surface area (Å²) in [5.41, 5.74) is -1.50. The number of likely N-dealkylation sites (tertiary alicyclic amines) is 1. The van der Waals surface area contributed by atoms with Crippen LogP contribution >= 0.6 is 0 Å². The van der Waals surface area contributed by atoms with Gasteiger partial charge in [-0.3, -0.25) is 14.5 Å². The van der Waals surface area contributed by atoms with Crippen molar-refractivity contribution in [3.8, 4) is 5.75 Å². The van der Waals surface area contributed by atoms with E-state index in [2.05, 4.69) is 4.98 Å². The molecule has 2 aliphatic rings. The average molecular weight is 289 g/mol. The number of anilines is 1. The molecule has 3 heterocycles. The van der Waals surface area contributed by atoms with Crippen LogP contribution in [-0.4, -0.2) is 47.4 Å². The van der Waals surface area contributed by atoms with E-state index in [0.29, 0.717) is 24.7 Å². The van der Waals surface area contributed by atoms with Gasteiger partial charge in [-0.25, -0.2) is 4.98 Å². The van der Waals surface area contributed by atoms with Crippen molar-refractivity contribution in [3.05, 3.63) is 18.3 Å². The zero-order chi connectivity index (χ0) is 15.0. The van der Waals surface area contributed by atoms with E-state index in [1.165, 1.54) is 4.90 Å². The highest BCUT2D eigenvalue weighted by Gasteiger charge is 2.51. The molecule has 2 amide bonds. The smallest absolute Gasteiger partial charge is 0.281 e. The van der Waals surface area contributed by atoms with Gasteiger partial charge in [0.05, 0.1) is 0 Å². The largest absolute Gasteiger partial charge is 0.464 e. The molecule has 0 N–H and O–H groups in total. The lowest BCUT2D eigenvalue weighted by Crippen LogP contribution is -2.62. The fourth-order valence-corrected chi connectivity index (χ4v) is 2.93. The summed E-state index contributed by atoms with van der Waals surface area (Å²) in [4.78, 5) is 32.7. The van der Waals surface area contributed by atoms with Crippen LogP contribution in [0.4, 0.5) is 5.82 Å². The van der Waals surface area contributed by atoms with Gasteiger partial charge in [-0.2, -0.15) is 0 Å². The number of fused-ring (bicyclic) bond motifs is 1. The molecular formula is C15H19N3O3. The summed E-state index contributed by atoms with van der Waals surface area (Å²) in [5.74, 6) is 0.289. The van der Waals surface area contributed by atoms with Crippen LogP contribution in [0, 0.1) is 0 Å². The van der Waals surface area contributed by atoms with Crippen LogP contribution in [0.5, 0.6) is 5.75 Å². The first-order valence-electron chi connectivity index (χ1n) is 7.25. The molecule has 0 saturated carbocycles. The minimum absolute atomic E-state index is 0.256. The Morgan fingerprint density at radius 1 is 1.33 bits per heavy atom. The van der Waals surface area contributed by atoms with Gasteiger partial charge in [-0.05, 0) is 38.3 Å². The van der Waals surface area contributed by atoms with Crippen molar-refractivity contribution in [1.82, 2.24) is 9.88 Å². The van der Waals surface area contributed by atoms with Gasteiger partial charge in [-0.1, -0.05) is 0 Å². The number of carbonyl (C=O) groups is 2. The standard InChI is InChI=1S/C15H19N3O3/c1-15(14(20)18-9-4-3-5-10-18)13(19)17(2)12-11(21-15)7-6-8-16-12/h6-8H,3-5,9-10H2,1-2H3. The fourth-order valence-electron chi connectivity index (χ4n) is 2.93. The molecule has 0 spiro atoms. The molecule has 1 fully saturated rings. The van der Waals surface area contributed by atoms with Crippen LogP contribution in [0.1, 0.15) is 26.2 Å². The Balaban J connectivity index is 1.94. The molecule has 1 aromatic rings. The Hall–Kier alpha value is -2.11. The third kappa shape index (κ3) is 2.14. The Morgan fingerprint density at radius 2 is 2.05 bits per heavy atom. The lowest BCUT2D eigenvalue weighted by atomic mass is 9.99. The maximum Gasteiger partial charge on any atom is 0.281 e. The normalized spacial score (nSPS) is 25.3. The van der Waals surface area contributed by atoms with Gasteiger partial charge in [-0.15, -0.1) is 0 Å².